The molecular formula is C13H21N3O3S. The van der Waals surface area contributed by atoms with E-state index in [9.17, 15) is 13.2 Å². The van der Waals surface area contributed by atoms with Crippen LogP contribution in [0.2, 0.25) is 0 Å². The van der Waals surface area contributed by atoms with Gasteiger partial charge in [0.1, 0.15) is 0 Å². The highest BCUT2D eigenvalue weighted by atomic mass is 32.2. The van der Waals surface area contributed by atoms with Gasteiger partial charge in [0.05, 0.1) is 18.5 Å². The van der Waals surface area contributed by atoms with Gasteiger partial charge in [-0.25, -0.2) is 8.42 Å². The van der Waals surface area contributed by atoms with Gasteiger partial charge in [-0.1, -0.05) is 6.07 Å². The highest BCUT2D eigenvalue weighted by Crippen LogP contribution is 2.15. The Morgan fingerprint density at radius 3 is 2.35 bits per heavy atom. The summed E-state index contributed by atoms with van der Waals surface area (Å²) >= 11 is 0. The molecule has 0 heterocycles. The van der Waals surface area contributed by atoms with Gasteiger partial charge in [-0.3, -0.25) is 9.52 Å². The molecule has 0 atom stereocenters. The molecule has 0 aromatic heterocycles. The number of carbonyl (C=O) groups excluding carboxylic acids is 1. The van der Waals surface area contributed by atoms with E-state index in [1.807, 2.05) is 20.8 Å². The van der Waals surface area contributed by atoms with Crippen LogP contribution in [0.4, 0.5) is 11.4 Å². The zero-order valence-electron chi connectivity index (χ0n) is 12.1. The predicted octanol–water partition coefficient (Wildman–Crippen LogP) is 1.38. The largest absolute Gasteiger partial charge is 0.325 e. The molecule has 112 valence electrons. The van der Waals surface area contributed by atoms with Crippen LogP contribution in [-0.2, 0) is 14.8 Å². The van der Waals surface area contributed by atoms with Crippen LogP contribution in [-0.4, -0.2) is 32.7 Å². The molecule has 1 aromatic carbocycles. The second kappa shape index (κ2) is 6.23. The monoisotopic (exact) mass is 299 g/mol. The second-order valence-electron chi connectivity index (χ2n) is 5.61. The first kappa shape index (κ1) is 16.5. The van der Waals surface area contributed by atoms with Gasteiger partial charge < -0.3 is 10.6 Å². The number of nitrogens with one attached hydrogen (secondary N) is 3. The third-order valence-electron chi connectivity index (χ3n) is 2.23. The van der Waals surface area contributed by atoms with Gasteiger partial charge in [-0.2, -0.15) is 0 Å². The summed E-state index contributed by atoms with van der Waals surface area (Å²) in [7, 11) is -3.33. The van der Waals surface area contributed by atoms with E-state index in [4.69, 9.17) is 0 Å². The van der Waals surface area contributed by atoms with Crippen molar-refractivity contribution in [3.63, 3.8) is 0 Å². The fraction of sp³-hybridized carbons (Fsp3) is 0.462. The topological polar surface area (TPSA) is 87.3 Å². The number of rotatable bonds is 5. The van der Waals surface area contributed by atoms with Crippen LogP contribution in [0.25, 0.3) is 0 Å². The Kier molecular flexibility index (Phi) is 5.13. The van der Waals surface area contributed by atoms with E-state index in [-0.39, 0.29) is 18.0 Å². The molecule has 0 saturated carbocycles. The lowest BCUT2D eigenvalue weighted by Crippen LogP contribution is -2.41. The quantitative estimate of drug-likeness (QED) is 0.766. The zero-order valence-corrected chi connectivity index (χ0v) is 13.0. The molecule has 6 nitrogen and oxygen atoms in total. The van der Waals surface area contributed by atoms with E-state index >= 15 is 0 Å². The van der Waals surface area contributed by atoms with E-state index in [0.29, 0.717) is 11.4 Å². The first-order valence-electron chi connectivity index (χ1n) is 6.18. The van der Waals surface area contributed by atoms with Crippen molar-refractivity contribution in [1.29, 1.82) is 0 Å². The van der Waals surface area contributed by atoms with E-state index < -0.39 is 10.0 Å². The van der Waals surface area contributed by atoms with Crippen molar-refractivity contribution in [2.75, 3.05) is 22.8 Å². The van der Waals surface area contributed by atoms with Crippen LogP contribution in [0.15, 0.2) is 24.3 Å². The number of hydrogen-bond acceptors (Lipinski definition) is 4. The maximum atomic E-state index is 11.7. The molecule has 0 spiro atoms. The molecule has 0 unspecified atom stereocenters. The minimum atomic E-state index is -3.33. The molecule has 1 rings (SSSR count). The predicted molar refractivity (Wildman–Crippen MR) is 81.3 cm³/mol. The Morgan fingerprint density at radius 1 is 1.20 bits per heavy atom. The summed E-state index contributed by atoms with van der Waals surface area (Å²) in [5.41, 5.74) is 0.810. The van der Waals surface area contributed by atoms with Crippen molar-refractivity contribution in [2.45, 2.75) is 26.3 Å². The molecule has 1 aromatic rings. The third kappa shape index (κ3) is 7.10. The van der Waals surface area contributed by atoms with Gasteiger partial charge in [0, 0.05) is 11.2 Å². The smallest absolute Gasteiger partial charge is 0.238 e. The van der Waals surface area contributed by atoms with Crippen LogP contribution in [0.5, 0.6) is 0 Å². The van der Waals surface area contributed by atoms with Gasteiger partial charge in [0.25, 0.3) is 0 Å². The molecule has 0 radical (unpaired) electrons. The summed E-state index contributed by atoms with van der Waals surface area (Å²) in [5, 5.41) is 5.78. The normalized spacial score (nSPS) is 12.0. The molecule has 0 fully saturated rings. The van der Waals surface area contributed by atoms with E-state index in [1.54, 1.807) is 24.3 Å². The minimum absolute atomic E-state index is 0.142. The highest BCUT2D eigenvalue weighted by molar-refractivity contribution is 7.92. The number of amides is 1. The summed E-state index contributed by atoms with van der Waals surface area (Å²) in [6.45, 7) is 6.10. The Labute approximate surface area is 120 Å². The molecule has 1 amide bonds. The zero-order chi connectivity index (χ0) is 15.4. The fourth-order valence-electron chi connectivity index (χ4n) is 1.43. The summed E-state index contributed by atoms with van der Waals surface area (Å²) in [6.07, 6.45) is 1.07. The Hall–Kier alpha value is -1.60. The van der Waals surface area contributed by atoms with Crippen LogP contribution in [0.1, 0.15) is 20.8 Å². The van der Waals surface area contributed by atoms with Gasteiger partial charge in [-0.05, 0) is 39.0 Å². The average molecular weight is 299 g/mol. The van der Waals surface area contributed by atoms with Crippen molar-refractivity contribution >= 4 is 27.3 Å². The molecule has 3 N–H and O–H groups in total. The standard InChI is InChI=1S/C13H21N3O3S/c1-13(2,3)14-9-12(17)15-10-6-5-7-11(8-10)16-20(4,18)19/h5-8,14,16H,9H2,1-4H3,(H,15,17). The van der Waals surface area contributed by atoms with Gasteiger partial charge in [-0.15, -0.1) is 0 Å². The Bertz CT molecular complexity index is 577. The van der Waals surface area contributed by atoms with Crippen LogP contribution < -0.4 is 15.4 Å². The molecule has 0 bridgehead atoms. The maximum Gasteiger partial charge on any atom is 0.238 e. The second-order valence-corrected chi connectivity index (χ2v) is 7.36. The number of sulfonamides is 1. The van der Waals surface area contributed by atoms with Gasteiger partial charge >= 0.3 is 0 Å². The molecule has 0 aliphatic rings. The lowest BCUT2D eigenvalue weighted by molar-refractivity contribution is -0.115. The molecular weight excluding hydrogens is 278 g/mol. The molecule has 0 aliphatic heterocycles. The van der Waals surface area contributed by atoms with E-state index in [0.717, 1.165) is 6.26 Å². The summed E-state index contributed by atoms with van der Waals surface area (Å²) in [5.74, 6) is -0.184. The summed E-state index contributed by atoms with van der Waals surface area (Å²) < 4.78 is 24.6. The van der Waals surface area contributed by atoms with E-state index in [1.165, 1.54) is 0 Å². The van der Waals surface area contributed by atoms with Crippen molar-refractivity contribution in [1.82, 2.24) is 5.32 Å². The first-order chi connectivity index (χ1) is 9.05. The average Bonchev–Trinajstić information content (AvgIpc) is 2.23. The molecule has 0 aliphatic carbocycles. The first-order valence-corrected chi connectivity index (χ1v) is 8.07. The van der Waals surface area contributed by atoms with Crippen molar-refractivity contribution in [3.05, 3.63) is 24.3 Å². The molecule has 20 heavy (non-hydrogen) atoms. The lowest BCUT2D eigenvalue weighted by atomic mass is 10.1. The number of anilines is 2. The highest BCUT2D eigenvalue weighted by Gasteiger charge is 2.11. The van der Waals surface area contributed by atoms with Crippen LogP contribution >= 0.6 is 0 Å². The van der Waals surface area contributed by atoms with Gasteiger partial charge in [0.2, 0.25) is 15.9 Å². The number of benzene rings is 1. The lowest BCUT2D eigenvalue weighted by Gasteiger charge is -2.20. The van der Waals surface area contributed by atoms with Crippen LogP contribution in [0.3, 0.4) is 0 Å². The molecule has 0 saturated heterocycles. The number of hydrogen-bond donors (Lipinski definition) is 3. The maximum absolute atomic E-state index is 11.7. The Balaban J connectivity index is 2.64. The molecule has 7 heteroatoms. The fourth-order valence-corrected chi connectivity index (χ4v) is 1.98. The van der Waals surface area contributed by atoms with Gasteiger partial charge in [0.15, 0.2) is 0 Å². The summed E-state index contributed by atoms with van der Waals surface area (Å²) in [4.78, 5) is 11.7. The van der Waals surface area contributed by atoms with Crippen LogP contribution in [0, 0.1) is 0 Å². The van der Waals surface area contributed by atoms with Crippen molar-refractivity contribution < 1.29 is 13.2 Å². The number of carbonyl (C=O) groups is 1. The van der Waals surface area contributed by atoms with E-state index in [2.05, 4.69) is 15.4 Å². The SMILES string of the molecule is CC(C)(C)NCC(=O)Nc1cccc(NS(C)(=O)=O)c1. The third-order valence-corrected chi connectivity index (χ3v) is 2.84. The van der Waals surface area contributed by atoms with Crippen molar-refractivity contribution in [2.24, 2.45) is 0 Å². The van der Waals surface area contributed by atoms with Crippen molar-refractivity contribution in [3.8, 4) is 0 Å². The Morgan fingerprint density at radius 2 is 1.80 bits per heavy atom. The minimum Gasteiger partial charge on any atom is -0.325 e. The summed E-state index contributed by atoms with van der Waals surface area (Å²) in [6, 6.07) is 6.54.